The Morgan fingerprint density at radius 3 is 2.80 bits per heavy atom. The van der Waals surface area contributed by atoms with Crippen molar-refractivity contribution in [3.8, 4) is 17.0 Å². The molecular weight excluding hydrogens is 337 g/mol. The molecule has 0 bridgehead atoms. The second kappa shape index (κ2) is 7.56. The summed E-state index contributed by atoms with van der Waals surface area (Å²) in [7, 11) is 0. The lowest BCUT2D eigenvalue weighted by atomic mass is 10.2. The van der Waals surface area contributed by atoms with Gasteiger partial charge in [0.05, 0.1) is 5.69 Å². The number of rotatable bonds is 7. The summed E-state index contributed by atoms with van der Waals surface area (Å²) in [5.41, 5.74) is 6.10. The second-order valence-electron chi connectivity index (χ2n) is 5.33. The number of aliphatic hydroxyl groups is 1. The van der Waals surface area contributed by atoms with Crippen molar-refractivity contribution >= 4 is 5.82 Å². The third-order valence-corrected chi connectivity index (χ3v) is 3.47. The van der Waals surface area contributed by atoms with Crippen molar-refractivity contribution in [3.05, 3.63) is 36.9 Å². The van der Waals surface area contributed by atoms with Gasteiger partial charge in [0.15, 0.2) is 11.6 Å². The van der Waals surface area contributed by atoms with Crippen LogP contribution >= 0.6 is 0 Å². The third kappa shape index (κ3) is 4.72. The molecular formula is C16H19F3N4O2. The summed E-state index contributed by atoms with van der Waals surface area (Å²) < 4.78 is 43.0. The number of aryl methyl sites for hydroxylation is 1. The minimum Gasteiger partial charge on any atom is -0.402 e. The van der Waals surface area contributed by atoms with E-state index in [1.165, 1.54) is 6.20 Å². The van der Waals surface area contributed by atoms with Gasteiger partial charge in [-0.3, -0.25) is 0 Å². The van der Waals surface area contributed by atoms with Crippen molar-refractivity contribution in [1.82, 2.24) is 14.5 Å². The number of ether oxygens (including phenoxy) is 1. The molecule has 2 aromatic rings. The van der Waals surface area contributed by atoms with Crippen LogP contribution in [0, 0.1) is 0 Å². The molecule has 6 nitrogen and oxygen atoms in total. The topological polar surface area (TPSA) is 86.2 Å². The number of nitrogen functional groups attached to an aromatic ring is 1. The molecule has 1 atom stereocenters. The van der Waals surface area contributed by atoms with E-state index in [-0.39, 0.29) is 5.82 Å². The largest absolute Gasteiger partial charge is 0.573 e. The molecule has 9 heteroatoms. The molecule has 25 heavy (non-hydrogen) atoms. The van der Waals surface area contributed by atoms with Crippen molar-refractivity contribution < 1.29 is 23.0 Å². The smallest absolute Gasteiger partial charge is 0.402 e. The molecule has 1 unspecified atom stereocenters. The maximum atomic E-state index is 12.4. The van der Waals surface area contributed by atoms with E-state index < -0.39 is 18.2 Å². The van der Waals surface area contributed by atoms with Crippen LogP contribution in [0.25, 0.3) is 11.3 Å². The number of hydrogen-bond donors (Lipinski definition) is 2. The zero-order valence-electron chi connectivity index (χ0n) is 13.6. The highest BCUT2D eigenvalue weighted by Gasteiger charge is 2.32. The molecule has 0 saturated carbocycles. The van der Waals surface area contributed by atoms with Crippen LogP contribution in [0.3, 0.4) is 0 Å². The molecule has 0 aliphatic rings. The standard InChI is InChI=1S/C16H19F3N4O2/c1-3-5-6-23-9-11(22-15(23)12(24)4-2)10-7-13(14(20)21-8-10)25-16(17,18)19/h3,7-9,12,24H,1,4-6H2,2H3,(H2,20,21). The summed E-state index contributed by atoms with van der Waals surface area (Å²) in [6, 6.07) is 1.12. The fourth-order valence-corrected chi connectivity index (χ4v) is 2.23. The van der Waals surface area contributed by atoms with Crippen LogP contribution in [0.5, 0.6) is 5.75 Å². The maximum Gasteiger partial charge on any atom is 0.573 e. The molecule has 0 aliphatic carbocycles. The molecule has 0 saturated heterocycles. The molecule has 0 spiro atoms. The summed E-state index contributed by atoms with van der Waals surface area (Å²) in [6.07, 6.45) is 0.118. The number of pyridine rings is 1. The molecule has 0 fully saturated rings. The van der Waals surface area contributed by atoms with E-state index in [0.29, 0.717) is 36.5 Å². The van der Waals surface area contributed by atoms with Gasteiger partial charge >= 0.3 is 6.36 Å². The van der Waals surface area contributed by atoms with Gasteiger partial charge in [-0.15, -0.1) is 19.8 Å². The number of imidazole rings is 1. The van der Waals surface area contributed by atoms with E-state index in [4.69, 9.17) is 5.73 Å². The van der Waals surface area contributed by atoms with Gasteiger partial charge in [-0.1, -0.05) is 13.0 Å². The Balaban J connectivity index is 2.42. The number of nitrogens with two attached hydrogens (primary N) is 1. The van der Waals surface area contributed by atoms with E-state index >= 15 is 0 Å². The average Bonchev–Trinajstić information content (AvgIpc) is 2.97. The Labute approximate surface area is 142 Å². The Morgan fingerprint density at radius 2 is 2.20 bits per heavy atom. The lowest BCUT2D eigenvalue weighted by Gasteiger charge is -2.11. The van der Waals surface area contributed by atoms with Gasteiger partial charge in [-0.2, -0.15) is 0 Å². The first-order valence-corrected chi connectivity index (χ1v) is 7.62. The Hall–Kier alpha value is -2.55. The van der Waals surface area contributed by atoms with Crippen LogP contribution in [-0.4, -0.2) is 26.0 Å². The zero-order chi connectivity index (χ0) is 18.6. The lowest BCUT2D eigenvalue weighted by molar-refractivity contribution is -0.274. The Bertz CT molecular complexity index is 743. The van der Waals surface area contributed by atoms with Crippen molar-refractivity contribution in [2.24, 2.45) is 0 Å². The van der Waals surface area contributed by atoms with Gasteiger partial charge in [0.1, 0.15) is 11.9 Å². The summed E-state index contributed by atoms with van der Waals surface area (Å²) >= 11 is 0. The van der Waals surface area contributed by atoms with Crippen molar-refractivity contribution in [2.45, 2.75) is 38.8 Å². The minimum atomic E-state index is -4.87. The third-order valence-electron chi connectivity index (χ3n) is 3.47. The van der Waals surface area contributed by atoms with Crippen molar-refractivity contribution in [3.63, 3.8) is 0 Å². The summed E-state index contributed by atoms with van der Waals surface area (Å²) in [4.78, 5) is 8.06. The molecule has 3 N–H and O–H groups in total. The number of alkyl halides is 3. The van der Waals surface area contributed by atoms with Crippen LogP contribution in [0.1, 0.15) is 31.7 Å². The van der Waals surface area contributed by atoms with E-state index in [1.807, 2.05) is 0 Å². The van der Waals surface area contributed by atoms with Gasteiger partial charge in [0.25, 0.3) is 0 Å². The monoisotopic (exact) mass is 356 g/mol. The van der Waals surface area contributed by atoms with Crippen LogP contribution < -0.4 is 10.5 Å². The molecule has 136 valence electrons. The zero-order valence-corrected chi connectivity index (χ0v) is 13.6. The van der Waals surface area contributed by atoms with E-state index in [1.54, 1.807) is 23.8 Å². The molecule has 0 amide bonds. The predicted octanol–water partition coefficient (Wildman–Crippen LogP) is 3.45. The summed E-state index contributed by atoms with van der Waals surface area (Å²) in [5.74, 6) is -0.543. The highest BCUT2D eigenvalue weighted by atomic mass is 19.4. The maximum absolute atomic E-state index is 12.4. The molecule has 2 heterocycles. The first-order valence-electron chi connectivity index (χ1n) is 7.62. The van der Waals surface area contributed by atoms with Crippen LogP contribution in [0.2, 0.25) is 0 Å². The first-order chi connectivity index (χ1) is 11.7. The Kier molecular flexibility index (Phi) is 5.68. The number of halogens is 3. The number of nitrogens with zero attached hydrogens (tertiary/aromatic N) is 3. The SMILES string of the molecule is C=CCCn1cc(-c2cnc(N)c(OC(F)(F)F)c2)nc1C(O)CC. The van der Waals surface area contributed by atoms with Gasteiger partial charge in [0, 0.05) is 24.5 Å². The van der Waals surface area contributed by atoms with Gasteiger partial charge in [0.2, 0.25) is 0 Å². The normalized spacial score (nSPS) is 12.8. The van der Waals surface area contributed by atoms with Crippen LogP contribution in [0.4, 0.5) is 19.0 Å². The highest BCUT2D eigenvalue weighted by molar-refractivity contribution is 5.63. The lowest BCUT2D eigenvalue weighted by Crippen LogP contribution is -2.18. The number of allylic oxidation sites excluding steroid dienone is 1. The fourth-order valence-electron chi connectivity index (χ4n) is 2.23. The van der Waals surface area contributed by atoms with Crippen molar-refractivity contribution in [1.29, 1.82) is 0 Å². The summed E-state index contributed by atoms with van der Waals surface area (Å²) in [6.45, 7) is 5.99. The Morgan fingerprint density at radius 1 is 1.48 bits per heavy atom. The number of hydrogen-bond acceptors (Lipinski definition) is 5. The van der Waals surface area contributed by atoms with Crippen LogP contribution in [-0.2, 0) is 6.54 Å². The second-order valence-corrected chi connectivity index (χ2v) is 5.33. The average molecular weight is 356 g/mol. The molecule has 0 aromatic carbocycles. The highest BCUT2D eigenvalue weighted by Crippen LogP contribution is 2.31. The van der Waals surface area contributed by atoms with Gasteiger partial charge in [-0.25, -0.2) is 9.97 Å². The van der Waals surface area contributed by atoms with Crippen LogP contribution in [0.15, 0.2) is 31.1 Å². The van der Waals surface area contributed by atoms with E-state index in [9.17, 15) is 18.3 Å². The molecule has 0 aliphatic heterocycles. The molecule has 2 aromatic heterocycles. The number of anilines is 1. The minimum absolute atomic E-state index is 0.301. The first kappa shape index (κ1) is 18.8. The van der Waals surface area contributed by atoms with Gasteiger partial charge < -0.3 is 20.1 Å². The number of aliphatic hydroxyl groups excluding tert-OH is 1. The quantitative estimate of drug-likeness (QED) is 0.742. The van der Waals surface area contributed by atoms with Crippen molar-refractivity contribution in [2.75, 3.05) is 5.73 Å². The summed E-state index contributed by atoms with van der Waals surface area (Å²) in [5, 5.41) is 10.1. The van der Waals surface area contributed by atoms with Gasteiger partial charge in [-0.05, 0) is 18.9 Å². The number of aromatic nitrogens is 3. The molecule has 0 radical (unpaired) electrons. The fraction of sp³-hybridized carbons (Fsp3) is 0.375. The van der Waals surface area contributed by atoms with E-state index in [2.05, 4.69) is 21.3 Å². The van der Waals surface area contributed by atoms with E-state index in [0.717, 1.165) is 6.07 Å². The molecule has 2 rings (SSSR count). The predicted molar refractivity (Wildman–Crippen MR) is 86.6 cm³/mol.